The Morgan fingerprint density at radius 2 is 1.88 bits per heavy atom. The van der Waals surface area contributed by atoms with Crippen LogP contribution in [0, 0.1) is 0 Å². The summed E-state index contributed by atoms with van der Waals surface area (Å²) in [6, 6.07) is 17.8. The second-order valence-corrected chi connectivity index (χ2v) is 6.51. The first-order valence-corrected chi connectivity index (χ1v) is 9.23. The summed E-state index contributed by atoms with van der Waals surface area (Å²) in [4.78, 5) is 16.7. The zero-order chi connectivity index (χ0) is 17.5. The average Bonchev–Trinajstić information content (AvgIpc) is 3.09. The summed E-state index contributed by atoms with van der Waals surface area (Å²) >= 11 is 1.33. The van der Waals surface area contributed by atoms with Gasteiger partial charge in [0.15, 0.2) is 0 Å². The Morgan fingerprint density at radius 3 is 2.68 bits per heavy atom. The number of nitrogens with one attached hydrogen (secondary N) is 2. The van der Waals surface area contributed by atoms with Gasteiger partial charge >= 0.3 is 0 Å². The van der Waals surface area contributed by atoms with Crippen molar-refractivity contribution in [2.75, 3.05) is 11.1 Å². The Balaban J connectivity index is 1.63. The summed E-state index contributed by atoms with van der Waals surface area (Å²) < 4.78 is 0. The number of rotatable bonds is 7. The average molecular weight is 352 g/mol. The van der Waals surface area contributed by atoms with E-state index >= 15 is 0 Å². The number of anilines is 1. The molecule has 0 fully saturated rings. The molecule has 0 aliphatic carbocycles. The van der Waals surface area contributed by atoms with E-state index in [1.54, 1.807) is 0 Å². The maximum absolute atomic E-state index is 12.3. The van der Waals surface area contributed by atoms with E-state index in [0.29, 0.717) is 5.16 Å². The van der Waals surface area contributed by atoms with Gasteiger partial charge in [-0.25, -0.2) is 4.98 Å². The first kappa shape index (κ1) is 17.2. The molecule has 128 valence electrons. The number of carbonyl (C=O) groups is 1. The third kappa shape index (κ3) is 4.70. The van der Waals surface area contributed by atoms with Gasteiger partial charge in [-0.1, -0.05) is 67.2 Å². The largest absolute Gasteiger partial charge is 0.325 e. The standard InChI is InChI=1S/C19H20N4OS/c1-2-8-17-21-19(23-22-17)25-13-18(24)20-16-12-7-6-11-15(16)14-9-4-3-5-10-14/h3-7,9-12H,2,8,13H2,1H3,(H,20,24)(H,21,22,23). The van der Waals surface area contributed by atoms with Crippen LogP contribution >= 0.6 is 11.8 Å². The summed E-state index contributed by atoms with van der Waals surface area (Å²) in [5.41, 5.74) is 2.88. The third-order valence-electron chi connectivity index (χ3n) is 3.62. The predicted molar refractivity (Wildman–Crippen MR) is 102 cm³/mol. The maximum atomic E-state index is 12.3. The minimum Gasteiger partial charge on any atom is -0.325 e. The summed E-state index contributed by atoms with van der Waals surface area (Å²) in [5, 5.41) is 10.6. The van der Waals surface area contributed by atoms with Crippen molar-refractivity contribution in [3.8, 4) is 11.1 Å². The van der Waals surface area contributed by atoms with Gasteiger partial charge in [0.2, 0.25) is 11.1 Å². The molecule has 1 amide bonds. The summed E-state index contributed by atoms with van der Waals surface area (Å²) in [6.07, 6.45) is 1.88. The van der Waals surface area contributed by atoms with Crippen LogP contribution in [0.5, 0.6) is 0 Å². The molecule has 25 heavy (non-hydrogen) atoms. The van der Waals surface area contributed by atoms with E-state index in [1.165, 1.54) is 11.8 Å². The highest BCUT2D eigenvalue weighted by Crippen LogP contribution is 2.27. The molecule has 0 aliphatic rings. The van der Waals surface area contributed by atoms with Crippen LogP contribution in [0.3, 0.4) is 0 Å². The van der Waals surface area contributed by atoms with Crippen LogP contribution < -0.4 is 5.32 Å². The number of benzene rings is 2. The molecular formula is C19H20N4OS. The third-order valence-corrected chi connectivity index (χ3v) is 4.46. The van der Waals surface area contributed by atoms with E-state index < -0.39 is 0 Å². The molecule has 3 rings (SSSR count). The van der Waals surface area contributed by atoms with Crippen molar-refractivity contribution in [1.82, 2.24) is 15.2 Å². The number of aryl methyl sites for hydroxylation is 1. The number of para-hydroxylation sites is 1. The monoisotopic (exact) mass is 352 g/mol. The molecule has 1 heterocycles. The van der Waals surface area contributed by atoms with Gasteiger partial charge < -0.3 is 5.32 Å². The van der Waals surface area contributed by atoms with Crippen LogP contribution in [0.2, 0.25) is 0 Å². The van der Waals surface area contributed by atoms with Gasteiger partial charge in [0.25, 0.3) is 0 Å². The van der Waals surface area contributed by atoms with Crippen molar-refractivity contribution in [2.24, 2.45) is 0 Å². The SMILES string of the molecule is CCCc1nc(SCC(=O)Nc2ccccc2-c2ccccc2)n[nH]1. The van der Waals surface area contributed by atoms with E-state index in [1.807, 2.05) is 54.6 Å². The van der Waals surface area contributed by atoms with Crippen molar-refractivity contribution in [1.29, 1.82) is 0 Å². The molecule has 0 radical (unpaired) electrons. The van der Waals surface area contributed by atoms with E-state index in [9.17, 15) is 4.79 Å². The van der Waals surface area contributed by atoms with Gasteiger partial charge in [-0.15, -0.1) is 5.10 Å². The zero-order valence-electron chi connectivity index (χ0n) is 14.0. The lowest BCUT2D eigenvalue weighted by Crippen LogP contribution is -2.14. The van der Waals surface area contributed by atoms with Crippen LogP contribution in [0.4, 0.5) is 5.69 Å². The van der Waals surface area contributed by atoms with Crippen LogP contribution in [-0.4, -0.2) is 26.8 Å². The molecule has 0 saturated carbocycles. The number of thioether (sulfide) groups is 1. The van der Waals surface area contributed by atoms with Crippen molar-refractivity contribution in [2.45, 2.75) is 24.9 Å². The highest BCUT2D eigenvalue weighted by molar-refractivity contribution is 7.99. The fraction of sp³-hybridized carbons (Fsp3) is 0.211. The van der Waals surface area contributed by atoms with E-state index in [-0.39, 0.29) is 11.7 Å². The molecule has 0 spiro atoms. The first-order chi connectivity index (χ1) is 12.3. The Labute approximate surface area is 151 Å². The number of hydrogen-bond acceptors (Lipinski definition) is 4. The molecule has 0 saturated heterocycles. The summed E-state index contributed by atoms with van der Waals surface area (Å²) in [5.74, 6) is 1.06. The van der Waals surface area contributed by atoms with Crippen LogP contribution in [-0.2, 0) is 11.2 Å². The fourth-order valence-corrected chi connectivity index (χ4v) is 3.09. The molecule has 0 atom stereocenters. The normalized spacial score (nSPS) is 10.6. The summed E-state index contributed by atoms with van der Waals surface area (Å²) in [6.45, 7) is 2.09. The molecule has 3 aromatic rings. The molecule has 0 bridgehead atoms. The number of aromatic amines is 1. The molecular weight excluding hydrogens is 332 g/mol. The van der Waals surface area contributed by atoms with Gasteiger partial charge in [-0.2, -0.15) is 0 Å². The van der Waals surface area contributed by atoms with Crippen LogP contribution in [0.15, 0.2) is 59.8 Å². The van der Waals surface area contributed by atoms with E-state index in [0.717, 1.165) is 35.5 Å². The number of H-pyrrole nitrogens is 1. The Hall–Kier alpha value is -2.60. The number of amides is 1. The molecule has 5 nitrogen and oxygen atoms in total. The van der Waals surface area contributed by atoms with Crippen molar-refractivity contribution in [3.63, 3.8) is 0 Å². The van der Waals surface area contributed by atoms with Gasteiger partial charge in [0, 0.05) is 17.7 Å². The molecule has 0 aliphatic heterocycles. The second-order valence-electron chi connectivity index (χ2n) is 5.56. The fourth-order valence-electron chi connectivity index (χ4n) is 2.47. The molecule has 0 unspecified atom stereocenters. The maximum Gasteiger partial charge on any atom is 0.234 e. The molecule has 6 heteroatoms. The number of hydrogen-bond donors (Lipinski definition) is 2. The van der Waals surface area contributed by atoms with Crippen molar-refractivity contribution < 1.29 is 4.79 Å². The number of carbonyl (C=O) groups excluding carboxylic acids is 1. The Kier molecular flexibility index (Phi) is 5.85. The summed E-state index contributed by atoms with van der Waals surface area (Å²) in [7, 11) is 0. The quantitative estimate of drug-likeness (QED) is 0.627. The number of nitrogens with zero attached hydrogens (tertiary/aromatic N) is 2. The number of aromatic nitrogens is 3. The van der Waals surface area contributed by atoms with E-state index in [4.69, 9.17) is 0 Å². The van der Waals surface area contributed by atoms with Crippen LogP contribution in [0.25, 0.3) is 11.1 Å². The minimum absolute atomic E-state index is 0.0739. The Bertz CT molecular complexity index is 832. The van der Waals surface area contributed by atoms with E-state index in [2.05, 4.69) is 27.4 Å². The highest BCUT2D eigenvalue weighted by Gasteiger charge is 2.10. The first-order valence-electron chi connectivity index (χ1n) is 8.24. The van der Waals surface area contributed by atoms with Gasteiger partial charge in [-0.05, 0) is 18.1 Å². The van der Waals surface area contributed by atoms with Crippen molar-refractivity contribution in [3.05, 3.63) is 60.4 Å². The highest BCUT2D eigenvalue weighted by atomic mass is 32.2. The molecule has 2 aromatic carbocycles. The van der Waals surface area contributed by atoms with Gasteiger partial charge in [0.05, 0.1) is 5.75 Å². The second kappa shape index (κ2) is 8.48. The van der Waals surface area contributed by atoms with Crippen molar-refractivity contribution >= 4 is 23.4 Å². The zero-order valence-corrected chi connectivity index (χ0v) is 14.8. The van der Waals surface area contributed by atoms with Crippen LogP contribution in [0.1, 0.15) is 19.2 Å². The van der Waals surface area contributed by atoms with Gasteiger partial charge in [0.1, 0.15) is 5.82 Å². The van der Waals surface area contributed by atoms with Gasteiger partial charge in [-0.3, -0.25) is 9.89 Å². The predicted octanol–water partition coefficient (Wildman–Crippen LogP) is 4.16. The smallest absolute Gasteiger partial charge is 0.234 e. The lowest BCUT2D eigenvalue weighted by molar-refractivity contribution is -0.113. The lowest BCUT2D eigenvalue weighted by atomic mass is 10.0. The lowest BCUT2D eigenvalue weighted by Gasteiger charge is -2.10. The minimum atomic E-state index is -0.0739. The topological polar surface area (TPSA) is 70.7 Å². The Morgan fingerprint density at radius 1 is 1.12 bits per heavy atom. The molecule has 1 aromatic heterocycles. The molecule has 2 N–H and O–H groups in total.